The van der Waals surface area contributed by atoms with Crippen molar-refractivity contribution in [3.63, 3.8) is 0 Å². The molecule has 0 saturated heterocycles. The van der Waals surface area contributed by atoms with Gasteiger partial charge in [0.05, 0.1) is 14.2 Å². The summed E-state index contributed by atoms with van der Waals surface area (Å²) < 4.78 is 38.3. The highest BCUT2D eigenvalue weighted by Crippen LogP contribution is 2.52. The summed E-state index contributed by atoms with van der Waals surface area (Å²) in [6.45, 7) is 0. The minimum absolute atomic E-state index is 0.128. The first kappa shape index (κ1) is 21.2. The van der Waals surface area contributed by atoms with Gasteiger partial charge in [0.15, 0.2) is 0 Å². The second-order valence-electron chi connectivity index (χ2n) is 7.09. The van der Waals surface area contributed by atoms with E-state index in [0.29, 0.717) is 33.8 Å². The Morgan fingerprint density at radius 2 is 0.844 bits per heavy atom. The third-order valence-electron chi connectivity index (χ3n) is 5.25. The fourth-order valence-electron chi connectivity index (χ4n) is 3.80. The normalized spacial score (nSPS) is 10.8. The predicted octanol–water partition coefficient (Wildman–Crippen LogP) is 6.39. The molecule has 0 bridgehead atoms. The Labute approximate surface area is 183 Å². The molecule has 0 radical (unpaired) electrons. The van der Waals surface area contributed by atoms with Crippen molar-refractivity contribution in [1.29, 1.82) is 0 Å². The monoisotopic (exact) mass is 434 g/mol. The van der Waals surface area contributed by atoms with E-state index in [1.807, 2.05) is 0 Å². The Balaban J connectivity index is 2.13. The van der Waals surface area contributed by atoms with E-state index in [-0.39, 0.29) is 22.6 Å². The third-order valence-corrected chi connectivity index (χ3v) is 5.25. The van der Waals surface area contributed by atoms with Gasteiger partial charge >= 0.3 is 0 Å². The van der Waals surface area contributed by atoms with Crippen LogP contribution in [0.3, 0.4) is 0 Å². The number of ether oxygens (including phenoxy) is 2. The second kappa shape index (κ2) is 8.59. The lowest BCUT2D eigenvalue weighted by Crippen LogP contribution is -1.97. The van der Waals surface area contributed by atoms with Gasteiger partial charge in [-0.15, -0.1) is 0 Å². The maximum atomic E-state index is 13.6. The minimum Gasteiger partial charge on any atom is -0.507 e. The molecule has 0 aromatic heterocycles. The molecule has 6 heteroatoms. The molecule has 0 heterocycles. The van der Waals surface area contributed by atoms with Crippen LogP contribution in [0.4, 0.5) is 8.78 Å². The van der Waals surface area contributed by atoms with Crippen molar-refractivity contribution in [3.8, 4) is 56.4 Å². The smallest absolute Gasteiger partial charge is 0.127 e. The van der Waals surface area contributed by atoms with Crippen molar-refractivity contribution in [2.45, 2.75) is 0 Å². The molecule has 4 rings (SSSR count). The Kier molecular flexibility index (Phi) is 5.69. The standard InChI is InChI=1S/C26H20F2O4/c1-31-21-13-11-19(29)25(23(21)15-3-7-17(27)8-4-15)26-20(30)12-14-22(32-2)24(26)16-5-9-18(28)10-6-16/h3-14,29-30H,1-2H3. The van der Waals surface area contributed by atoms with Crippen LogP contribution in [0.1, 0.15) is 0 Å². The highest BCUT2D eigenvalue weighted by molar-refractivity contribution is 6.00. The van der Waals surface area contributed by atoms with Gasteiger partial charge in [-0.25, -0.2) is 8.78 Å². The maximum absolute atomic E-state index is 13.6. The van der Waals surface area contributed by atoms with Crippen LogP contribution in [0.5, 0.6) is 23.0 Å². The van der Waals surface area contributed by atoms with Crippen molar-refractivity contribution in [1.82, 2.24) is 0 Å². The summed E-state index contributed by atoms with van der Waals surface area (Å²) in [7, 11) is 2.96. The van der Waals surface area contributed by atoms with Gasteiger partial charge in [0.25, 0.3) is 0 Å². The van der Waals surface area contributed by atoms with Gasteiger partial charge in [0.2, 0.25) is 0 Å². The molecule has 32 heavy (non-hydrogen) atoms. The van der Waals surface area contributed by atoms with Crippen LogP contribution in [0.25, 0.3) is 33.4 Å². The van der Waals surface area contributed by atoms with Crippen LogP contribution in [0, 0.1) is 11.6 Å². The number of phenols is 2. The van der Waals surface area contributed by atoms with E-state index >= 15 is 0 Å². The van der Waals surface area contributed by atoms with E-state index in [9.17, 15) is 19.0 Å². The minimum atomic E-state index is -0.411. The Morgan fingerprint density at radius 1 is 0.500 bits per heavy atom. The molecule has 0 unspecified atom stereocenters. The van der Waals surface area contributed by atoms with Crippen LogP contribution in [0.15, 0.2) is 72.8 Å². The van der Waals surface area contributed by atoms with Crippen LogP contribution >= 0.6 is 0 Å². The molecule has 4 nitrogen and oxygen atoms in total. The number of hydrogen-bond donors (Lipinski definition) is 2. The summed E-state index contributed by atoms with van der Waals surface area (Å²) in [6.07, 6.45) is 0. The molecule has 4 aromatic rings. The lowest BCUT2D eigenvalue weighted by Gasteiger charge is -2.21. The zero-order chi connectivity index (χ0) is 22.8. The molecule has 0 amide bonds. The van der Waals surface area contributed by atoms with Gasteiger partial charge in [0.1, 0.15) is 34.6 Å². The summed E-state index contributed by atoms with van der Waals surface area (Å²) in [4.78, 5) is 0. The van der Waals surface area contributed by atoms with Crippen molar-refractivity contribution < 1.29 is 28.5 Å². The van der Waals surface area contributed by atoms with Crippen molar-refractivity contribution in [2.24, 2.45) is 0 Å². The number of phenolic OH excluding ortho intramolecular Hbond substituents is 2. The fraction of sp³-hybridized carbons (Fsp3) is 0.0769. The molecule has 0 fully saturated rings. The Morgan fingerprint density at radius 3 is 1.16 bits per heavy atom. The van der Waals surface area contributed by atoms with E-state index < -0.39 is 11.6 Å². The average Bonchev–Trinajstić information content (AvgIpc) is 2.80. The highest BCUT2D eigenvalue weighted by atomic mass is 19.1. The van der Waals surface area contributed by atoms with Crippen molar-refractivity contribution in [3.05, 3.63) is 84.4 Å². The number of rotatable bonds is 5. The molecule has 162 valence electrons. The molecule has 0 saturated carbocycles. The zero-order valence-corrected chi connectivity index (χ0v) is 17.4. The summed E-state index contributed by atoms with van der Waals surface area (Å²) in [5, 5.41) is 21.9. The van der Waals surface area contributed by atoms with E-state index in [4.69, 9.17) is 9.47 Å². The van der Waals surface area contributed by atoms with Crippen LogP contribution in [0.2, 0.25) is 0 Å². The van der Waals surface area contributed by atoms with Crippen molar-refractivity contribution >= 4 is 0 Å². The molecule has 0 aliphatic heterocycles. The molecular formula is C26H20F2O4. The summed E-state index contributed by atoms with van der Waals surface area (Å²) in [6, 6.07) is 17.5. The number of aromatic hydroxyl groups is 2. The van der Waals surface area contributed by atoms with Crippen LogP contribution in [-0.2, 0) is 0 Å². The first-order chi connectivity index (χ1) is 15.4. The van der Waals surface area contributed by atoms with Gasteiger partial charge in [-0.3, -0.25) is 0 Å². The third kappa shape index (κ3) is 3.71. The molecule has 0 spiro atoms. The SMILES string of the molecule is COc1ccc(O)c(-c2c(O)ccc(OC)c2-c2ccc(F)cc2)c1-c1ccc(F)cc1. The average molecular weight is 434 g/mol. The molecule has 0 aliphatic carbocycles. The van der Waals surface area contributed by atoms with E-state index in [1.165, 1.54) is 50.6 Å². The Bertz CT molecular complexity index is 1170. The Hall–Kier alpha value is -4.06. The molecule has 4 aromatic carbocycles. The quantitative estimate of drug-likeness (QED) is 0.382. The van der Waals surface area contributed by atoms with Crippen molar-refractivity contribution in [2.75, 3.05) is 14.2 Å². The maximum Gasteiger partial charge on any atom is 0.127 e. The number of hydrogen-bond acceptors (Lipinski definition) is 4. The van der Waals surface area contributed by atoms with Crippen LogP contribution < -0.4 is 9.47 Å². The lowest BCUT2D eigenvalue weighted by molar-refractivity contribution is 0.413. The predicted molar refractivity (Wildman–Crippen MR) is 119 cm³/mol. The number of benzene rings is 4. The second-order valence-corrected chi connectivity index (χ2v) is 7.09. The first-order valence-electron chi connectivity index (χ1n) is 9.76. The largest absolute Gasteiger partial charge is 0.507 e. The van der Waals surface area contributed by atoms with E-state index in [0.717, 1.165) is 0 Å². The van der Waals surface area contributed by atoms with E-state index in [2.05, 4.69) is 0 Å². The lowest BCUT2D eigenvalue weighted by atomic mass is 9.87. The molecular weight excluding hydrogens is 414 g/mol. The topological polar surface area (TPSA) is 58.9 Å². The highest BCUT2D eigenvalue weighted by Gasteiger charge is 2.25. The van der Waals surface area contributed by atoms with Gasteiger partial charge in [-0.05, 0) is 59.7 Å². The van der Waals surface area contributed by atoms with Gasteiger partial charge in [-0.1, -0.05) is 24.3 Å². The van der Waals surface area contributed by atoms with Gasteiger partial charge in [-0.2, -0.15) is 0 Å². The number of methoxy groups -OCH3 is 2. The molecule has 0 atom stereocenters. The first-order valence-corrected chi connectivity index (χ1v) is 9.76. The van der Waals surface area contributed by atoms with Gasteiger partial charge in [0, 0.05) is 22.3 Å². The fourth-order valence-corrected chi connectivity index (χ4v) is 3.80. The van der Waals surface area contributed by atoms with E-state index in [1.54, 1.807) is 36.4 Å². The zero-order valence-electron chi connectivity index (χ0n) is 17.4. The summed E-state index contributed by atoms with van der Waals surface area (Å²) in [5.41, 5.74) is 2.60. The molecule has 2 N–H and O–H groups in total. The van der Waals surface area contributed by atoms with Gasteiger partial charge < -0.3 is 19.7 Å². The molecule has 0 aliphatic rings. The van der Waals surface area contributed by atoms with Crippen LogP contribution in [-0.4, -0.2) is 24.4 Å². The number of halogens is 2. The summed E-state index contributed by atoms with van der Waals surface area (Å²) in [5.74, 6) is -0.251. The summed E-state index contributed by atoms with van der Waals surface area (Å²) >= 11 is 0.